The maximum absolute atomic E-state index is 11.3. The molecule has 1 aliphatic rings. The van der Waals surface area contributed by atoms with E-state index < -0.39 is 12.0 Å². The molecule has 1 aromatic heterocycles. The van der Waals surface area contributed by atoms with Crippen LogP contribution in [0.25, 0.3) is 11.3 Å². The van der Waals surface area contributed by atoms with Crippen molar-refractivity contribution in [2.24, 2.45) is 11.7 Å². The van der Waals surface area contributed by atoms with Crippen molar-refractivity contribution in [1.29, 1.82) is 0 Å². The van der Waals surface area contributed by atoms with Gasteiger partial charge >= 0.3 is 6.09 Å². The van der Waals surface area contributed by atoms with Gasteiger partial charge in [-0.3, -0.25) is 9.69 Å². The molecule has 0 atom stereocenters. The van der Waals surface area contributed by atoms with Gasteiger partial charge in [0.25, 0.3) is 0 Å². The lowest BCUT2D eigenvalue weighted by atomic mass is 9.96. The predicted molar refractivity (Wildman–Crippen MR) is 103 cm³/mol. The molecule has 0 bridgehead atoms. The molecule has 3 rings (SSSR count). The standard InChI is InChI=1S/C20H24N4O3/c21-18(25)14-24(20(26)27)13-15-9-11-23(12-10-15)19-8-4-7-17(22-19)16-5-2-1-3-6-16/h1-8,15H,9-14H2,(H2,21,25)(H,26,27). The van der Waals surface area contributed by atoms with E-state index in [4.69, 9.17) is 10.7 Å². The van der Waals surface area contributed by atoms with Crippen LogP contribution in [-0.4, -0.2) is 53.2 Å². The summed E-state index contributed by atoms with van der Waals surface area (Å²) >= 11 is 0. The van der Waals surface area contributed by atoms with Crippen LogP contribution in [0.4, 0.5) is 10.6 Å². The minimum atomic E-state index is -1.10. The van der Waals surface area contributed by atoms with Crippen molar-refractivity contribution in [3.05, 3.63) is 48.5 Å². The average Bonchev–Trinajstić information content (AvgIpc) is 2.68. The van der Waals surface area contributed by atoms with Crippen molar-refractivity contribution >= 4 is 17.8 Å². The second kappa shape index (κ2) is 8.53. The van der Waals surface area contributed by atoms with Crippen LogP contribution in [0.15, 0.2) is 48.5 Å². The largest absolute Gasteiger partial charge is 0.465 e. The first-order chi connectivity index (χ1) is 13.0. The number of nitrogens with zero attached hydrogens (tertiary/aromatic N) is 3. The Labute approximate surface area is 158 Å². The minimum absolute atomic E-state index is 0.217. The molecule has 2 amide bonds. The lowest BCUT2D eigenvalue weighted by molar-refractivity contribution is -0.119. The Bertz CT molecular complexity index is 789. The number of anilines is 1. The predicted octanol–water partition coefficient (Wildman–Crippen LogP) is 2.43. The van der Waals surface area contributed by atoms with Gasteiger partial charge in [-0.15, -0.1) is 0 Å². The summed E-state index contributed by atoms with van der Waals surface area (Å²) in [6.07, 6.45) is 0.591. The highest BCUT2D eigenvalue weighted by molar-refractivity contribution is 5.80. The lowest BCUT2D eigenvalue weighted by Crippen LogP contribution is -2.43. The van der Waals surface area contributed by atoms with E-state index in [2.05, 4.69) is 4.90 Å². The summed E-state index contributed by atoms with van der Waals surface area (Å²) < 4.78 is 0. The van der Waals surface area contributed by atoms with Gasteiger partial charge in [0, 0.05) is 25.2 Å². The summed E-state index contributed by atoms with van der Waals surface area (Å²) in [5.41, 5.74) is 7.16. The van der Waals surface area contributed by atoms with E-state index in [1.54, 1.807) is 0 Å². The average molecular weight is 368 g/mol. The molecule has 7 nitrogen and oxygen atoms in total. The Morgan fingerprint density at radius 3 is 2.44 bits per heavy atom. The zero-order valence-corrected chi connectivity index (χ0v) is 15.1. The molecule has 0 saturated carbocycles. The molecule has 0 spiro atoms. The Kier molecular flexibility index (Phi) is 5.90. The second-order valence-corrected chi connectivity index (χ2v) is 6.81. The van der Waals surface area contributed by atoms with E-state index in [-0.39, 0.29) is 12.5 Å². The fourth-order valence-electron chi connectivity index (χ4n) is 3.42. The summed E-state index contributed by atoms with van der Waals surface area (Å²) in [5.74, 6) is 0.521. The van der Waals surface area contributed by atoms with Crippen LogP contribution >= 0.6 is 0 Å². The third-order valence-electron chi connectivity index (χ3n) is 4.84. The van der Waals surface area contributed by atoms with Crippen LogP contribution in [0.2, 0.25) is 0 Å². The van der Waals surface area contributed by atoms with Gasteiger partial charge in [0.15, 0.2) is 0 Å². The van der Waals surface area contributed by atoms with Crippen LogP contribution in [0.5, 0.6) is 0 Å². The van der Waals surface area contributed by atoms with Gasteiger partial charge in [-0.1, -0.05) is 36.4 Å². The number of benzene rings is 1. The molecule has 0 aliphatic carbocycles. The first-order valence-electron chi connectivity index (χ1n) is 9.06. The number of rotatable bonds is 6. The SMILES string of the molecule is NC(=O)CN(CC1CCN(c2cccc(-c3ccccc3)n2)CC1)C(=O)O. The molecule has 142 valence electrons. The monoisotopic (exact) mass is 368 g/mol. The fourth-order valence-corrected chi connectivity index (χ4v) is 3.42. The van der Waals surface area contributed by atoms with Crippen LogP contribution in [-0.2, 0) is 4.79 Å². The van der Waals surface area contributed by atoms with Crippen molar-refractivity contribution in [2.75, 3.05) is 31.1 Å². The Morgan fingerprint density at radius 1 is 1.11 bits per heavy atom. The van der Waals surface area contributed by atoms with Crippen molar-refractivity contribution < 1.29 is 14.7 Å². The first-order valence-corrected chi connectivity index (χ1v) is 9.06. The number of hydrogen-bond acceptors (Lipinski definition) is 4. The van der Waals surface area contributed by atoms with E-state index in [9.17, 15) is 14.7 Å². The Morgan fingerprint density at radius 2 is 1.81 bits per heavy atom. The van der Waals surface area contributed by atoms with Crippen LogP contribution in [0, 0.1) is 5.92 Å². The van der Waals surface area contributed by atoms with Gasteiger partial charge in [0.2, 0.25) is 5.91 Å². The molecule has 1 aliphatic heterocycles. The fraction of sp³-hybridized carbons (Fsp3) is 0.350. The van der Waals surface area contributed by atoms with Crippen molar-refractivity contribution in [3.63, 3.8) is 0 Å². The summed E-state index contributed by atoms with van der Waals surface area (Å²) in [6.45, 7) is 1.69. The molecule has 7 heteroatoms. The van der Waals surface area contributed by atoms with Crippen molar-refractivity contribution in [3.8, 4) is 11.3 Å². The van der Waals surface area contributed by atoms with Crippen LogP contribution in [0.3, 0.4) is 0 Å². The van der Waals surface area contributed by atoms with Gasteiger partial charge in [0.1, 0.15) is 12.4 Å². The van der Waals surface area contributed by atoms with Crippen LogP contribution in [0.1, 0.15) is 12.8 Å². The summed E-state index contributed by atoms with van der Waals surface area (Å²) in [4.78, 5) is 30.4. The molecular weight excluding hydrogens is 344 g/mol. The normalized spacial score (nSPS) is 14.7. The molecule has 3 N–H and O–H groups in total. The maximum Gasteiger partial charge on any atom is 0.407 e. The minimum Gasteiger partial charge on any atom is -0.465 e. The zero-order chi connectivity index (χ0) is 19.2. The quantitative estimate of drug-likeness (QED) is 0.816. The second-order valence-electron chi connectivity index (χ2n) is 6.81. The number of carbonyl (C=O) groups is 2. The molecule has 2 aromatic rings. The number of pyridine rings is 1. The highest BCUT2D eigenvalue weighted by atomic mass is 16.4. The molecule has 1 aromatic carbocycles. The van der Waals surface area contributed by atoms with Gasteiger partial charge in [-0.25, -0.2) is 9.78 Å². The number of aromatic nitrogens is 1. The van der Waals surface area contributed by atoms with Crippen molar-refractivity contribution in [1.82, 2.24) is 9.88 Å². The Hall–Kier alpha value is -3.09. The maximum atomic E-state index is 11.3. The molecule has 0 unspecified atom stereocenters. The number of carbonyl (C=O) groups excluding carboxylic acids is 1. The highest BCUT2D eigenvalue weighted by Crippen LogP contribution is 2.25. The zero-order valence-electron chi connectivity index (χ0n) is 15.1. The topological polar surface area (TPSA) is 99.8 Å². The molecular formula is C20H24N4O3. The summed E-state index contributed by atoms with van der Waals surface area (Å²) in [7, 11) is 0. The van der Waals surface area contributed by atoms with Crippen molar-refractivity contribution in [2.45, 2.75) is 12.8 Å². The Balaban J connectivity index is 1.61. The molecule has 0 radical (unpaired) electrons. The molecule has 1 fully saturated rings. The molecule has 2 heterocycles. The third kappa shape index (κ3) is 4.97. The van der Waals surface area contributed by atoms with Gasteiger partial charge in [-0.05, 0) is 30.9 Å². The highest BCUT2D eigenvalue weighted by Gasteiger charge is 2.25. The summed E-state index contributed by atoms with van der Waals surface area (Å²) in [6, 6.07) is 16.1. The van der Waals surface area contributed by atoms with Gasteiger partial charge in [0.05, 0.1) is 5.69 Å². The van der Waals surface area contributed by atoms with E-state index in [1.807, 2.05) is 48.5 Å². The van der Waals surface area contributed by atoms with Crippen LogP contribution < -0.4 is 10.6 Å². The van der Waals surface area contributed by atoms with E-state index in [0.717, 1.165) is 47.9 Å². The molecule has 1 saturated heterocycles. The lowest BCUT2D eigenvalue weighted by Gasteiger charge is -2.34. The number of primary amides is 1. The number of piperidine rings is 1. The first kappa shape index (κ1) is 18.7. The number of hydrogen-bond donors (Lipinski definition) is 2. The molecule has 27 heavy (non-hydrogen) atoms. The summed E-state index contributed by atoms with van der Waals surface area (Å²) in [5, 5.41) is 9.22. The number of amides is 2. The smallest absolute Gasteiger partial charge is 0.407 e. The van der Waals surface area contributed by atoms with Gasteiger partial charge < -0.3 is 15.7 Å². The van der Waals surface area contributed by atoms with E-state index in [0.29, 0.717) is 6.54 Å². The third-order valence-corrected chi connectivity index (χ3v) is 4.84. The number of carboxylic acid groups (broad SMARTS) is 1. The van der Waals surface area contributed by atoms with E-state index in [1.165, 1.54) is 0 Å². The van der Waals surface area contributed by atoms with Gasteiger partial charge in [-0.2, -0.15) is 0 Å². The van der Waals surface area contributed by atoms with E-state index >= 15 is 0 Å². The number of nitrogens with two attached hydrogens (primary N) is 1.